The van der Waals surface area contributed by atoms with E-state index in [4.69, 9.17) is 0 Å². The van der Waals surface area contributed by atoms with Crippen LogP contribution in [-0.2, 0) is 16.8 Å². The fraction of sp³-hybridized carbons (Fsp3) is 0.333. The zero-order valence-electron chi connectivity index (χ0n) is 22.8. The Kier molecular flexibility index (Phi) is 8.45. The minimum absolute atomic E-state index is 0.0937. The van der Waals surface area contributed by atoms with Crippen LogP contribution in [0.25, 0.3) is 22.4 Å². The molecule has 4 aromatic rings. The van der Waals surface area contributed by atoms with Crippen molar-refractivity contribution >= 4 is 51.4 Å². The van der Waals surface area contributed by atoms with Gasteiger partial charge < -0.3 is 10.2 Å². The molecule has 5 rings (SSSR count). The summed E-state index contributed by atoms with van der Waals surface area (Å²) in [6, 6.07) is 21.2. The van der Waals surface area contributed by atoms with E-state index in [2.05, 4.69) is 35.3 Å². The molecule has 3 aromatic carbocycles. The first-order chi connectivity index (χ1) is 19.1. The van der Waals surface area contributed by atoms with E-state index in [0.717, 1.165) is 57.8 Å². The molecule has 7 heteroatoms. The highest BCUT2D eigenvalue weighted by molar-refractivity contribution is 7.99. The quantitative estimate of drug-likeness (QED) is 0.177. The Morgan fingerprint density at radius 3 is 2.67 bits per heavy atom. The van der Waals surface area contributed by atoms with Gasteiger partial charge in [0.25, 0.3) is 0 Å². The molecule has 1 atom stereocenters. The van der Waals surface area contributed by atoms with Crippen LogP contribution in [0.1, 0.15) is 72.0 Å². The highest BCUT2D eigenvalue weighted by Crippen LogP contribution is 2.53. The Hall–Kier alpha value is -3.00. The molecule has 208 valence electrons. The van der Waals surface area contributed by atoms with Crippen LogP contribution in [0.15, 0.2) is 66.7 Å². The number of hydrogen-bond donors (Lipinski definition) is 2. The molecule has 0 amide bonds. The number of benzene rings is 3. The Labute approximate surface area is 243 Å². The molecule has 4 nitrogen and oxygen atoms in total. The van der Waals surface area contributed by atoms with E-state index in [-0.39, 0.29) is 22.9 Å². The first-order valence-corrected chi connectivity index (χ1v) is 15.5. The van der Waals surface area contributed by atoms with E-state index in [9.17, 15) is 19.4 Å². The summed E-state index contributed by atoms with van der Waals surface area (Å²) >= 11 is 3.38. The van der Waals surface area contributed by atoms with Gasteiger partial charge in [-0.05, 0) is 85.4 Å². The molecule has 0 aliphatic heterocycles. The van der Waals surface area contributed by atoms with Crippen LogP contribution in [0.4, 0.5) is 4.39 Å². The topological polar surface area (TPSA) is 70.4 Å². The number of aliphatic carboxylic acids is 1. The van der Waals surface area contributed by atoms with Gasteiger partial charge >= 0.3 is 5.97 Å². The molecule has 2 N–H and O–H groups in total. The average Bonchev–Trinajstić information content (AvgIpc) is 3.54. The third kappa shape index (κ3) is 7.19. The molecule has 1 fully saturated rings. The number of carboxylic acid groups (broad SMARTS) is 1. The van der Waals surface area contributed by atoms with E-state index in [1.165, 1.54) is 29.0 Å². The lowest BCUT2D eigenvalue weighted by Gasteiger charge is -2.24. The summed E-state index contributed by atoms with van der Waals surface area (Å²) in [5, 5.41) is 21.1. The van der Waals surface area contributed by atoms with Crippen molar-refractivity contribution in [1.29, 1.82) is 0 Å². The van der Waals surface area contributed by atoms with Crippen molar-refractivity contribution in [2.75, 3.05) is 5.75 Å². The molecule has 0 bridgehead atoms. The van der Waals surface area contributed by atoms with E-state index in [0.29, 0.717) is 5.52 Å². The number of rotatable bonds is 12. The average molecular weight is 576 g/mol. The number of carboxylic acids is 1. The number of aryl methyl sites for hydroxylation is 1. The van der Waals surface area contributed by atoms with Gasteiger partial charge in [0.15, 0.2) is 0 Å². The first kappa shape index (κ1) is 28.5. The van der Waals surface area contributed by atoms with Crippen LogP contribution in [0.2, 0.25) is 0 Å². The first-order valence-electron chi connectivity index (χ1n) is 13.6. The van der Waals surface area contributed by atoms with Gasteiger partial charge in [0.2, 0.25) is 0 Å². The van der Waals surface area contributed by atoms with Crippen molar-refractivity contribution < 1.29 is 19.4 Å². The van der Waals surface area contributed by atoms with Gasteiger partial charge in [-0.3, -0.25) is 4.79 Å². The van der Waals surface area contributed by atoms with Crippen molar-refractivity contribution in [1.82, 2.24) is 4.98 Å². The lowest BCUT2D eigenvalue weighted by molar-refractivity contribution is -0.138. The third-order valence-electron chi connectivity index (χ3n) is 7.49. The molecule has 1 aromatic heterocycles. The van der Waals surface area contributed by atoms with Gasteiger partial charge in [-0.2, -0.15) is 11.8 Å². The minimum Gasteiger partial charge on any atom is -0.481 e. The minimum atomic E-state index is -0.921. The van der Waals surface area contributed by atoms with Crippen molar-refractivity contribution in [3.8, 4) is 0 Å². The Morgan fingerprint density at radius 2 is 1.93 bits per heavy atom. The largest absolute Gasteiger partial charge is 0.481 e. The fourth-order valence-corrected chi connectivity index (χ4v) is 7.55. The number of thiazole rings is 1. The number of nitrogens with zero attached hydrogens (tertiary/aromatic N) is 1. The number of thioether (sulfide) groups is 1. The van der Waals surface area contributed by atoms with Crippen LogP contribution >= 0.6 is 23.1 Å². The number of aliphatic hydroxyl groups is 1. The van der Waals surface area contributed by atoms with Gasteiger partial charge in [-0.25, -0.2) is 9.37 Å². The number of halogens is 1. The Bertz CT molecular complexity index is 1530. The zero-order chi connectivity index (χ0) is 28.3. The number of aromatic nitrogens is 1. The van der Waals surface area contributed by atoms with Gasteiger partial charge in [-0.1, -0.05) is 54.6 Å². The zero-order valence-corrected chi connectivity index (χ0v) is 24.4. The van der Waals surface area contributed by atoms with Crippen LogP contribution in [0.5, 0.6) is 0 Å². The van der Waals surface area contributed by atoms with Crippen molar-refractivity contribution in [3.63, 3.8) is 0 Å². The summed E-state index contributed by atoms with van der Waals surface area (Å²) in [7, 11) is 0. The molecule has 1 saturated carbocycles. The molecule has 0 spiro atoms. The summed E-state index contributed by atoms with van der Waals surface area (Å²) in [5.74, 6) is -0.191. The summed E-state index contributed by atoms with van der Waals surface area (Å²) in [6.07, 6.45) is 7.85. The molecule has 1 heterocycles. The predicted octanol–water partition coefficient (Wildman–Crippen LogP) is 8.50. The lowest BCUT2D eigenvalue weighted by atomic mass is 9.90. The monoisotopic (exact) mass is 575 g/mol. The fourth-order valence-electron chi connectivity index (χ4n) is 5.14. The van der Waals surface area contributed by atoms with Crippen LogP contribution in [0, 0.1) is 11.2 Å². The Balaban J connectivity index is 1.37. The summed E-state index contributed by atoms with van der Waals surface area (Å²) in [6.45, 7) is 3.64. The molecule has 0 radical (unpaired) electrons. The molecule has 1 aliphatic rings. The second-order valence-corrected chi connectivity index (χ2v) is 13.5. The van der Waals surface area contributed by atoms with Gasteiger partial charge in [0.05, 0.1) is 22.2 Å². The molecular formula is C33H34FNO3S2. The lowest BCUT2D eigenvalue weighted by Crippen LogP contribution is -2.18. The smallest absolute Gasteiger partial charge is 0.303 e. The maximum atomic E-state index is 13.6. The van der Waals surface area contributed by atoms with E-state index < -0.39 is 11.6 Å². The number of fused-ring (bicyclic) bond motifs is 1. The predicted molar refractivity (Wildman–Crippen MR) is 164 cm³/mol. The van der Waals surface area contributed by atoms with Crippen LogP contribution in [-0.4, -0.2) is 26.9 Å². The second kappa shape index (κ2) is 11.9. The molecular weight excluding hydrogens is 541 g/mol. The van der Waals surface area contributed by atoms with E-state index >= 15 is 0 Å². The van der Waals surface area contributed by atoms with Crippen molar-refractivity contribution in [3.05, 3.63) is 99.8 Å². The van der Waals surface area contributed by atoms with Gasteiger partial charge in [-0.15, -0.1) is 11.3 Å². The Morgan fingerprint density at radius 1 is 1.12 bits per heavy atom. The van der Waals surface area contributed by atoms with Gasteiger partial charge in [0.1, 0.15) is 10.8 Å². The molecule has 1 aliphatic carbocycles. The summed E-state index contributed by atoms with van der Waals surface area (Å²) in [5.41, 5.74) is 3.98. The van der Waals surface area contributed by atoms with Crippen molar-refractivity contribution in [2.45, 2.75) is 56.8 Å². The van der Waals surface area contributed by atoms with E-state index in [1.807, 2.05) is 56.0 Å². The van der Waals surface area contributed by atoms with Crippen molar-refractivity contribution in [2.24, 2.45) is 5.41 Å². The normalized spacial score (nSPS) is 15.5. The maximum absolute atomic E-state index is 13.6. The molecule has 0 saturated heterocycles. The highest BCUT2D eigenvalue weighted by atomic mass is 32.2. The standard InChI is InChI=1S/C33H34FNO3S2/c1-32(2,38)26-9-4-3-7-23(26)11-13-28(39-21-33(16-17-33)20-31(36)37)24-8-5-6-22(18-24)10-15-30-35-27-19-25(34)12-14-29(27)40-30/h3-10,12,14-15,18-19,28,38H,11,13,16-17,20-21H2,1-2H3,(H,36,37)/b15-10+/t28-/m1/s1. The maximum Gasteiger partial charge on any atom is 0.303 e. The number of carbonyl (C=O) groups is 1. The SMILES string of the molecule is CC(C)(O)c1ccccc1CC[C@@H](SCC1(CC(=O)O)CC1)c1cccc(/C=C/c2nc3cc(F)ccc3s2)c1. The van der Waals surface area contributed by atoms with Crippen LogP contribution in [0.3, 0.4) is 0 Å². The highest BCUT2D eigenvalue weighted by Gasteiger charge is 2.44. The molecule has 0 unspecified atom stereocenters. The number of hydrogen-bond acceptors (Lipinski definition) is 5. The summed E-state index contributed by atoms with van der Waals surface area (Å²) < 4.78 is 14.5. The third-order valence-corrected chi connectivity index (χ3v) is 10.2. The molecule has 40 heavy (non-hydrogen) atoms. The van der Waals surface area contributed by atoms with E-state index in [1.54, 1.807) is 6.07 Å². The second-order valence-electron chi connectivity index (χ2n) is 11.3. The van der Waals surface area contributed by atoms with Crippen LogP contribution < -0.4 is 0 Å². The van der Waals surface area contributed by atoms with Gasteiger partial charge in [0, 0.05) is 17.1 Å². The summed E-state index contributed by atoms with van der Waals surface area (Å²) in [4.78, 5) is 16.0.